The second kappa shape index (κ2) is 3.98. The molecule has 0 saturated carbocycles. The first-order valence-corrected chi connectivity index (χ1v) is 7.52. The minimum Gasteiger partial charge on any atom is -0.309 e. The number of rotatable bonds is 1. The summed E-state index contributed by atoms with van der Waals surface area (Å²) in [7, 11) is 0. The molecule has 0 amide bonds. The van der Waals surface area contributed by atoms with Gasteiger partial charge in [0.05, 0.1) is 11.0 Å². The molecule has 0 atom stereocenters. The van der Waals surface area contributed by atoms with Gasteiger partial charge in [-0.2, -0.15) is 0 Å². The topological polar surface area (TPSA) is 4.93 Å². The molecule has 0 spiro atoms. The second-order valence-electron chi connectivity index (χ2n) is 5.82. The molecule has 21 heavy (non-hydrogen) atoms. The summed E-state index contributed by atoms with van der Waals surface area (Å²) >= 11 is 0. The van der Waals surface area contributed by atoms with Crippen molar-refractivity contribution >= 4 is 21.8 Å². The summed E-state index contributed by atoms with van der Waals surface area (Å²) in [6.45, 7) is 0. The van der Waals surface area contributed by atoms with Crippen LogP contribution in [-0.2, 0) is 12.8 Å². The van der Waals surface area contributed by atoms with Crippen LogP contribution in [0.3, 0.4) is 0 Å². The summed E-state index contributed by atoms with van der Waals surface area (Å²) in [6, 6.07) is 24.3. The minimum atomic E-state index is 1.22. The molecular formula is C20H15N. The first-order valence-electron chi connectivity index (χ1n) is 7.52. The van der Waals surface area contributed by atoms with Crippen LogP contribution in [0.2, 0.25) is 0 Å². The van der Waals surface area contributed by atoms with E-state index in [0.717, 1.165) is 0 Å². The lowest BCUT2D eigenvalue weighted by Gasteiger charge is -2.20. The molecule has 3 aromatic carbocycles. The highest BCUT2D eigenvalue weighted by molar-refractivity contribution is 6.09. The minimum absolute atomic E-state index is 1.22. The van der Waals surface area contributed by atoms with Crippen molar-refractivity contribution in [2.24, 2.45) is 0 Å². The van der Waals surface area contributed by atoms with Crippen LogP contribution in [-0.4, -0.2) is 4.57 Å². The van der Waals surface area contributed by atoms with Crippen LogP contribution >= 0.6 is 0 Å². The van der Waals surface area contributed by atoms with Gasteiger partial charge in [0, 0.05) is 16.5 Å². The van der Waals surface area contributed by atoms with Crippen molar-refractivity contribution in [2.45, 2.75) is 12.8 Å². The maximum Gasteiger partial charge on any atom is 0.0541 e. The first kappa shape index (κ1) is 11.2. The number of benzene rings is 3. The molecule has 0 bridgehead atoms. The van der Waals surface area contributed by atoms with Crippen LogP contribution in [0.5, 0.6) is 0 Å². The number of para-hydroxylation sites is 2. The molecule has 100 valence electrons. The fraction of sp³-hybridized carbons (Fsp3) is 0.100. The Morgan fingerprint density at radius 2 is 1.24 bits per heavy atom. The molecule has 0 saturated heterocycles. The summed E-state index contributed by atoms with van der Waals surface area (Å²) in [5.41, 5.74) is 6.88. The lowest BCUT2D eigenvalue weighted by Crippen LogP contribution is -2.09. The molecule has 1 aliphatic rings. The Hall–Kier alpha value is -2.54. The maximum atomic E-state index is 2.39. The summed E-state index contributed by atoms with van der Waals surface area (Å²) in [5, 5.41) is 2.66. The summed E-state index contributed by atoms with van der Waals surface area (Å²) in [6.07, 6.45) is 2.46. The van der Waals surface area contributed by atoms with E-state index in [2.05, 4.69) is 71.3 Å². The maximum absolute atomic E-state index is 2.39. The van der Waals surface area contributed by atoms with Gasteiger partial charge in [0.2, 0.25) is 0 Å². The monoisotopic (exact) mass is 269 g/mol. The highest BCUT2D eigenvalue weighted by Gasteiger charge is 2.16. The Balaban J connectivity index is 1.93. The van der Waals surface area contributed by atoms with Crippen LogP contribution in [0.4, 0.5) is 0 Å². The van der Waals surface area contributed by atoms with Crippen LogP contribution in [0.25, 0.3) is 27.5 Å². The van der Waals surface area contributed by atoms with E-state index in [1.807, 2.05) is 0 Å². The van der Waals surface area contributed by atoms with Gasteiger partial charge < -0.3 is 4.57 Å². The molecule has 0 unspecified atom stereocenters. The molecule has 0 fully saturated rings. The lowest BCUT2D eigenvalue weighted by molar-refractivity contribution is 0.836. The molecular weight excluding hydrogens is 254 g/mol. The third-order valence-corrected chi connectivity index (χ3v) is 4.69. The third kappa shape index (κ3) is 1.46. The molecule has 1 aliphatic carbocycles. The fourth-order valence-corrected chi connectivity index (χ4v) is 3.52. The van der Waals surface area contributed by atoms with Gasteiger partial charge in [-0.05, 0) is 48.2 Å². The smallest absolute Gasteiger partial charge is 0.0541 e. The summed E-state index contributed by atoms with van der Waals surface area (Å²) < 4.78 is 2.39. The van der Waals surface area contributed by atoms with Crippen molar-refractivity contribution in [3.05, 3.63) is 77.9 Å². The SMILES string of the molecule is c1ccc2c(c1)c1ccccc1n2-c1ccc2c(c1)CC2. The van der Waals surface area contributed by atoms with Crippen LogP contribution in [0.15, 0.2) is 66.7 Å². The van der Waals surface area contributed by atoms with Gasteiger partial charge in [-0.1, -0.05) is 42.5 Å². The van der Waals surface area contributed by atoms with E-state index < -0.39 is 0 Å². The zero-order valence-corrected chi connectivity index (χ0v) is 11.7. The summed E-state index contributed by atoms with van der Waals surface area (Å²) in [5.74, 6) is 0. The largest absolute Gasteiger partial charge is 0.309 e. The van der Waals surface area contributed by atoms with Crippen molar-refractivity contribution in [1.29, 1.82) is 0 Å². The Bertz CT molecular complexity index is 938. The van der Waals surface area contributed by atoms with Crippen LogP contribution in [0, 0.1) is 0 Å². The Morgan fingerprint density at radius 3 is 1.81 bits per heavy atom. The summed E-state index contributed by atoms with van der Waals surface area (Å²) in [4.78, 5) is 0. The van der Waals surface area contributed by atoms with Crippen LogP contribution < -0.4 is 0 Å². The third-order valence-electron chi connectivity index (χ3n) is 4.69. The van der Waals surface area contributed by atoms with E-state index in [9.17, 15) is 0 Å². The average molecular weight is 269 g/mol. The van der Waals surface area contributed by atoms with E-state index in [1.54, 1.807) is 0 Å². The van der Waals surface area contributed by atoms with Gasteiger partial charge in [0.15, 0.2) is 0 Å². The normalized spacial score (nSPS) is 13.3. The van der Waals surface area contributed by atoms with E-state index in [1.165, 1.54) is 51.5 Å². The van der Waals surface area contributed by atoms with Crippen molar-refractivity contribution in [3.63, 3.8) is 0 Å². The highest BCUT2D eigenvalue weighted by atomic mass is 15.0. The molecule has 1 heteroatoms. The number of nitrogens with zero attached hydrogens (tertiary/aromatic N) is 1. The van der Waals surface area contributed by atoms with Gasteiger partial charge in [-0.25, -0.2) is 0 Å². The molecule has 1 nitrogen and oxygen atoms in total. The zero-order chi connectivity index (χ0) is 13.8. The molecule has 0 radical (unpaired) electrons. The number of fused-ring (bicyclic) bond motifs is 4. The quantitative estimate of drug-likeness (QED) is 0.464. The van der Waals surface area contributed by atoms with Crippen molar-refractivity contribution in [3.8, 4) is 5.69 Å². The van der Waals surface area contributed by atoms with Gasteiger partial charge >= 0.3 is 0 Å². The average Bonchev–Trinajstić information content (AvgIpc) is 2.84. The molecule has 1 heterocycles. The number of hydrogen-bond acceptors (Lipinski definition) is 0. The van der Waals surface area contributed by atoms with E-state index in [0.29, 0.717) is 0 Å². The van der Waals surface area contributed by atoms with E-state index >= 15 is 0 Å². The standard InChI is InChI=1S/C20H15N/c1-3-7-19-17(5-1)18-6-2-4-8-20(18)21(19)16-12-11-14-9-10-15(14)13-16/h1-8,11-13H,9-10H2. The van der Waals surface area contributed by atoms with Crippen molar-refractivity contribution < 1.29 is 0 Å². The van der Waals surface area contributed by atoms with Gasteiger partial charge in [-0.3, -0.25) is 0 Å². The van der Waals surface area contributed by atoms with Crippen LogP contribution in [0.1, 0.15) is 11.1 Å². The second-order valence-corrected chi connectivity index (χ2v) is 5.82. The number of aryl methyl sites for hydroxylation is 2. The van der Waals surface area contributed by atoms with E-state index in [4.69, 9.17) is 0 Å². The molecule has 4 aromatic rings. The van der Waals surface area contributed by atoms with Gasteiger partial charge in [0.1, 0.15) is 0 Å². The fourth-order valence-electron chi connectivity index (χ4n) is 3.52. The zero-order valence-electron chi connectivity index (χ0n) is 11.7. The van der Waals surface area contributed by atoms with Gasteiger partial charge in [0.25, 0.3) is 0 Å². The highest BCUT2D eigenvalue weighted by Crippen LogP contribution is 2.33. The Kier molecular flexibility index (Phi) is 2.12. The molecule has 5 rings (SSSR count). The van der Waals surface area contributed by atoms with E-state index in [-0.39, 0.29) is 0 Å². The number of aromatic nitrogens is 1. The predicted molar refractivity (Wildman–Crippen MR) is 88.2 cm³/mol. The lowest BCUT2D eigenvalue weighted by atomic mass is 9.88. The van der Waals surface area contributed by atoms with Gasteiger partial charge in [-0.15, -0.1) is 0 Å². The first-order chi connectivity index (χ1) is 10.4. The molecule has 0 N–H and O–H groups in total. The van der Waals surface area contributed by atoms with Crippen molar-refractivity contribution in [1.82, 2.24) is 4.57 Å². The molecule has 1 aromatic heterocycles. The Labute approximate surface area is 123 Å². The number of hydrogen-bond donors (Lipinski definition) is 0. The molecule has 0 aliphatic heterocycles. The Morgan fingerprint density at radius 1 is 0.619 bits per heavy atom. The van der Waals surface area contributed by atoms with Crippen molar-refractivity contribution in [2.75, 3.05) is 0 Å². The predicted octanol–water partition coefficient (Wildman–Crippen LogP) is 4.88.